The van der Waals surface area contributed by atoms with Gasteiger partial charge in [0.05, 0.1) is 6.10 Å². The first-order valence-corrected chi connectivity index (χ1v) is 7.06. The summed E-state index contributed by atoms with van der Waals surface area (Å²) in [6, 6.07) is 0. The van der Waals surface area contributed by atoms with Crippen LogP contribution in [0.3, 0.4) is 0 Å². The monoisotopic (exact) mass is 260 g/mol. The molecule has 0 saturated heterocycles. The summed E-state index contributed by atoms with van der Waals surface area (Å²) in [4.78, 5) is 0. The van der Waals surface area contributed by atoms with Crippen molar-refractivity contribution in [3.8, 4) is 24.7 Å². The molecule has 0 aliphatic heterocycles. The minimum atomic E-state index is -1.25. The van der Waals surface area contributed by atoms with Gasteiger partial charge in [0.15, 0.2) is 0 Å². The highest BCUT2D eigenvalue weighted by Gasteiger charge is 2.70. The van der Waals surface area contributed by atoms with Crippen LogP contribution in [-0.4, -0.2) is 21.9 Å². The van der Waals surface area contributed by atoms with Gasteiger partial charge in [0.2, 0.25) is 0 Å². The Morgan fingerprint density at radius 2 is 1.89 bits per heavy atom. The molecule has 2 saturated carbocycles. The van der Waals surface area contributed by atoms with E-state index in [4.69, 9.17) is 12.8 Å². The summed E-state index contributed by atoms with van der Waals surface area (Å²) in [5.74, 6) is 5.29. The average Bonchev–Trinajstić information content (AvgIpc) is 2.90. The summed E-state index contributed by atoms with van der Waals surface area (Å²) >= 11 is 0. The van der Waals surface area contributed by atoms with Gasteiger partial charge in [-0.05, 0) is 36.5 Å². The molecule has 2 nitrogen and oxygen atoms in total. The smallest absolute Gasteiger partial charge is 0.133 e. The number of terminal acetylenes is 2. The molecule has 0 heterocycles. The molecule has 0 aromatic rings. The van der Waals surface area contributed by atoms with Gasteiger partial charge < -0.3 is 10.2 Å². The van der Waals surface area contributed by atoms with E-state index in [9.17, 15) is 10.2 Å². The van der Waals surface area contributed by atoms with Crippen LogP contribution in [0.4, 0.5) is 0 Å². The lowest BCUT2D eigenvalue weighted by molar-refractivity contribution is -0.103. The first-order chi connectivity index (χ1) is 8.71. The molecular formula is C17H24O2. The van der Waals surface area contributed by atoms with Crippen molar-refractivity contribution < 1.29 is 10.2 Å². The van der Waals surface area contributed by atoms with Gasteiger partial charge in [-0.2, -0.15) is 0 Å². The first kappa shape index (κ1) is 14.4. The van der Waals surface area contributed by atoms with E-state index in [1.165, 1.54) is 0 Å². The largest absolute Gasteiger partial charge is 0.391 e. The molecule has 0 radical (unpaired) electrons. The van der Waals surface area contributed by atoms with E-state index < -0.39 is 11.7 Å². The summed E-state index contributed by atoms with van der Waals surface area (Å²) in [7, 11) is 0. The zero-order valence-corrected chi connectivity index (χ0v) is 12.2. The summed E-state index contributed by atoms with van der Waals surface area (Å²) in [6.45, 7) is 8.17. The Kier molecular flexibility index (Phi) is 3.25. The van der Waals surface area contributed by atoms with E-state index >= 15 is 0 Å². The summed E-state index contributed by atoms with van der Waals surface area (Å²) in [6.07, 6.45) is 11.2. The molecule has 2 aliphatic carbocycles. The Morgan fingerprint density at radius 1 is 1.32 bits per heavy atom. The topological polar surface area (TPSA) is 40.5 Å². The van der Waals surface area contributed by atoms with Gasteiger partial charge in [-0.25, -0.2) is 0 Å². The second-order valence-corrected chi connectivity index (χ2v) is 7.03. The van der Waals surface area contributed by atoms with E-state index in [2.05, 4.69) is 25.7 Å². The van der Waals surface area contributed by atoms with Crippen molar-refractivity contribution >= 4 is 0 Å². The number of hydrogen-bond acceptors (Lipinski definition) is 2. The number of hydrogen-bond donors (Lipinski definition) is 2. The van der Waals surface area contributed by atoms with Gasteiger partial charge in [-0.15, -0.1) is 18.8 Å². The van der Waals surface area contributed by atoms with Crippen LogP contribution in [-0.2, 0) is 0 Å². The Labute approximate surface area is 116 Å². The molecule has 0 spiro atoms. The van der Waals surface area contributed by atoms with Crippen molar-refractivity contribution in [3.63, 3.8) is 0 Å². The van der Waals surface area contributed by atoms with Crippen molar-refractivity contribution in [2.75, 3.05) is 0 Å². The highest BCUT2D eigenvalue weighted by atomic mass is 16.3. The lowest BCUT2D eigenvalue weighted by atomic mass is 9.65. The molecule has 19 heavy (non-hydrogen) atoms. The van der Waals surface area contributed by atoms with Gasteiger partial charge in [0, 0.05) is 11.8 Å². The molecular weight excluding hydrogens is 236 g/mol. The summed E-state index contributed by atoms with van der Waals surface area (Å²) < 4.78 is 0. The highest BCUT2D eigenvalue weighted by molar-refractivity contribution is 5.26. The third kappa shape index (κ3) is 1.82. The Hall–Kier alpha value is -0.960. The third-order valence-corrected chi connectivity index (χ3v) is 5.77. The van der Waals surface area contributed by atoms with Crippen molar-refractivity contribution in [2.45, 2.75) is 45.8 Å². The second kappa shape index (κ2) is 4.27. The molecule has 2 N–H and O–H groups in total. The third-order valence-electron chi connectivity index (χ3n) is 5.77. The van der Waals surface area contributed by atoms with Crippen molar-refractivity contribution in [1.82, 2.24) is 0 Å². The zero-order valence-electron chi connectivity index (χ0n) is 12.2. The lowest BCUT2D eigenvalue weighted by Crippen LogP contribution is -2.53. The van der Waals surface area contributed by atoms with Gasteiger partial charge in [0.25, 0.3) is 0 Å². The van der Waals surface area contributed by atoms with E-state index in [0.29, 0.717) is 5.92 Å². The maximum Gasteiger partial charge on any atom is 0.133 e. The van der Waals surface area contributed by atoms with Gasteiger partial charge in [0.1, 0.15) is 5.60 Å². The van der Waals surface area contributed by atoms with Crippen LogP contribution in [0.15, 0.2) is 0 Å². The first-order valence-electron chi connectivity index (χ1n) is 7.06. The van der Waals surface area contributed by atoms with Crippen molar-refractivity contribution in [1.29, 1.82) is 0 Å². The van der Waals surface area contributed by atoms with Gasteiger partial charge >= 0.3 is 0 Å². The molecule has 0 aromatic heterocycles. The minimum absolute atomic E-state index is 0.00912. The normalized spacial score (nSPS) is 46.3. The lowest BCUT2D eigenvalue weighted by Gasteiger charge is -2.44. The van der Waals surface area contributed by atoms with Crippen molar-refractivity contribution in [3.05, 3.63) is 0 Å². The molecule has 0 unspecified atom stereocenters. The molecule has 2 fully saturated rings. The van der Waals surface area contributed by atoms with Crippen molar-refractivity contribution in [2.24, 2.45) is 35.0 Å². The average molecular weight is 260 g/mol. The molecule has 2 heteroatoms. The van der Waals surface area contributed by atoms with E-state index in [-0.39, 0.29) is 29.1 Å². The van der Waals surface area contributed by atoms with E-state index in [1.807, 2.05) is 13.8 Å². The second-order valence-electron chi connectivity index (χ2n) is 7.03. The van der Waals surface area contributed by atoms with Gasteiger partial charge in [-0.1, -0.05) is 26.7 Å². The zero-order chi connectivity index (χ0) is 14.6. The summed E-state index contributed by atoms with van der Waals surface area (Å²) in [5.41, 5.74) is -1.12. The van der Waals surface area contributed by atoms with E-state index in [1.54, 1.807) is 0 Å². The molecule has 7 atom stereocenters. The molecule has 2 aliphatic rings. The maximum atomic E-state index is 10.9. The molecule has 0 amide bonds. The minimum Gasteiger partial charge on any atom is -0.391 e. The fourth-order valence-corrected chi connectivity index (χ4v) is 4.23. The Morgan fingerprint density at radius 3 is 2.37 bits per heavy atom. The fraction of sp³-hybridized carbons (Fsp3) is 0.765. The number of aliphatic hydroxyl groups excluding tert-OH is 1. The van der Waals surface area contributed by atoms with Crippen LogP contribution >= 0.6 is 0 Å². The predicted octanol–water partition coefficient (Wildman–Crippen LogP) is 1.91. The quantitative estimate of drug-likeness (QED) is 0.745. The van der Waals surface area contributed by atoms with Crippen LogP contribution < -0.4 is 0 Å². The molecule has 104 valence electrons. The number of rotatable bonds is 2. The molecule has 0 bridgehead atoms. The highest BCUT2D eigenvalue weighted by Crippen LogP contribution is 2.70. The van der Waals surface area contributed by atoms with Crippen LogP contribution in [0.1, 0.15) is 34.1 Å². The Bertz CT molecular complexity index is 453. The van der Waals surface area contributed by atoms with Crippen LogP contribution in [0.5, 0.6) is 0 Å². The Balaban J connectivity index is 2.41. The SMILES string of the molecule is C#C[C@@H](C)[C@@H](O)[C@H]1[C@@H]2[C@@H](C[C@@H](C)[C@]1(O)C#C)C2(C)C. The van der Waals surface area contributed by atoms with Crippen LogP contribution in [0, 0.1) is 59.7 Å². The van der Waals surface area contributed by atoms with E-state index in [0.717, 1.165) is 6.42 Å². The van der Waals surface area contributed by atoms with Crippen LogP contribution in [0.2, 0.25) is 0 Å². The fourth-order valence-electron chi connectivity index (χ4n) is 4.23. The van der Waals surface area contributed by atoms with Gasteiger partial charge in [-0.3, -0.25) is 0 Å². The summed E-state index contributed by atoms with van der Waals surface area (Å²) in [5, 5.41) is 21.4. The predicted molar refractivity (Wildman–Crippen MR) is 75.8 cm³/mol. The number of aliphatic hydroxyl groups is 2. The maximum absolute atomic E-state index is 10.9. The van der Waals surface area contributed by atoms with Crippen LogP contribution in [0.25, 0.3) is 0 Å². The molecule has 0 aromatic carbocycles. The molecule has 2 rings (SSSR count). The number of fused-ring (bicyclic) bond motifs is 1. The standard InChI is InChI=1S/C17H24O2/c1-7-10(3)15(18)14-13-12(16(13,5)6)9-11(4)17(14,19)8-2/h1-2,10-15,18-19H,9H2,3-6H3/t10-,11-,12-,13+,14-,15-,17-/m1/s1.